The second-order valence-corrected chi connectivity index (χ2v) is 8.43. The van der Waals surface area contributed by atoms with Crippen molar-refractivity contribution < 1.29 is 19.2 Å². The van der Waals surface area contributed by atoms with Gasteiger partial charge < -0.3 is 15.5 Å². The summed E-state index contributed by atoms with van der Waals surface area (Å²) in [6, 6.07) is 6.93. The predicted octanol–water partition coefficient (Wildman–Crippen LogP) is 1.02. The smallest absolute Gasteiger partial charge is 0.258 e. The summed E-state index contributed by atoms with van der Waals surface area (Å²) in [6.07, 6.45) is 0.758. The molecule has 0 aromatic heterocycles. The van der Waals surface area contributed by atoms with E-state index in [1.54, 1.807) is 36.1 Å². The highest BCUT2D eigenvalue weighted by Gasteiger charge is 2.53. The van der Waals surface area contributed by atoms with Crippen LogP contribution in [0.3, 0.4) is 0 Å². The lowest BCUT2D eigenvalue weighted by Crippen LogP contribution is -2.64. The number of hydrogen-bond donors (Lipinski definition) is 2. The van der Waals surface area contributed by atoms with Gasteiger partial charge in [0.15, 0.2) is 0 Å². The molecule has 0 saturated carbocycles. The average Bonchev–Trinajstić information content (AvgIpc) is 2.91. The van der Waals surface area contributed by atoms with E-state index in [1.165, 1.54) is 4.90 Å². The van der Waals surface area contributed by atoms with Crippen LogP contribution in [0, 0.1) is 0 Å². The molecule has 2 aliphatic rings. The van der Waals surface area contributed by atoms with Crippen LogP contribution in [0.15, 0.2) is 24.3 Å². The first-order valence-electron chi connectivity index (χ1n) is 9.35. The number of nitrogens with one attached hydrogen (secondary N) is 2. The van der Waals surface area contributed by atoms with Crippen molar-refractivity contribution in [1.29, 1.82) is 0 Å². The van der Waals surface area contributed by atoms with Gasteiger partial charge in [0.25, 0.3) is 5.91 Å². The zero-order valence-electron chi connectivity index (χ0n) is 16.7. The Morgan fingerprint density at radius 3 is 2.50 bits per heavy atom. The fourth-order valence-corrected chi connectivity index (χ4v) is 3.78. The van der Waals surface area contributed by atoms with Crippen LogP contribution in [0.5, 0.6) is 0 Å². The minimum Gasteiger partial charge on any atom is -0.350 e. The normalized spacial score (nSPS) is 21.3. The number of carbonyl (C=O) groups excluding carboxylic acids is 4. The third kappa shape index (κ3) is 3.58. The molecule has 1 atom stereocenters. The van der Waals surface area contributed by atoms with E-state index in [2.05, 4.69) is 10.6 Å². The number of hydrogen-bond acceptors (Lipinski definition) is 4. The van der Waals surface area contributed by atoms with E-state index in [0.717, 1.165) is 0 Å². The van der Waals surface area contributed by atoms with Crippen LogP contribution >= 0.6 is 0 Å². The summed E-state index contributed by atoms with van der Waals surface area (Å²) < 4.78 is 0. The molecule has 0 aliphatic carbocycles. The van der Waals surface area contributed by atoms with Gasteiger partial charge in [-0.2, -0.15) is 0 Å². The molecule has 1 aromatic rings. The molecule has 0 bridgehead atoms. The van der Waals surface area contributed by atoms with Crippen molar-refractivity contribution in [3.8, 4) is 0 Å². The Labute approximate surface area is 164 Å². The topological polar surface area (TPSA) is 98.8 Å². The quantitative estimate of drug-likeness (QED) is 0.807. The summed E-state index contributed by atoms with van der Waals surface area (Å²) in [6.45, 7) is 6.95. The molecule has 28 heavy (non-hydrogen) atoms. The standard InChI is InChI=1S/C20H26N4O4/c1-19(2,3)22-15(25)11-21-16(26)12-23-18(28)13-7-5-6-8-14(13)24-17(27)9-10-20(23,24)4/h5-8H,9-12H2,1-4H3,(H,21,26)(H,22,25). The Kier molecular flexibility index (Phi) is 4.91. The zero-order chi connectivity index (χ0) is 20.7. The molecule has 4 amide bonds. The van der Waals surface area contributed by atoms with Gasteiger partial charge >= 0.3 is 0 Å². The average molecular weight is 386 g/mol. The van der Waals surface area contributed by atoms with Gasteiger partial charge in [-0.25, -0.2) is 0 Å². The predicted molar refractivity (Wildman–Crippen MR) is 104 cm³/mol. The minimum absolute atomic E-state index is 0.0718. The third-order valence-electron chi connectivity index (χ3n) is 5.01. The Bertz CT molecular complexity index is 845. The molecule has 0 radical (unpaired) electrons. The van der Waals surface area contributed by atoms with E-state index in [9.17, 15) is 19.2 Å². The third-order valence-corrected chi connectivity index (χ3v) is 5.01. The second-order valence-electron chi connectivity index (χ2n) is 8.43. The summed E-state index contributed by atoms with van der Waals surface area (Å²) in [5.41, 5.74) is -0.313. The maximum absolute atomic E-state index is 13.1. The van der Waals surface area contributed by atoms with Crippen molar-refractivity contribution >= 4 is 29.3 Å². The first kappa shape index (κ1) is 19.9. The molecule has 2 heterocycles. The van der Waals surface area contributed by atoms with Gasteiger partial charge in [-0.15, -0.1) is 0 Å². The minimum atomic E-state index is -0.895. The number of amides is 4. The van der Waals surface area contributed by atoms with Crippen molar-refractivity contribution in [2.75, 3.05) is 18.0 Å². The van der Waals surface area contributed by atoms with Gasteiger partial charge in [0.1, 0.15) is 12.2 Å². The highest BCUT2D eigenvalue weighted by atomic mass is 16.2. The van der Waals surface area contributed by atoms with Crippen LogP contribution in [0.25, 0.3) is 0 Å². The molecule has 8 nitrogen and oxygen atoms in total. The number of rotatable bonds is 4. The second kappa shape index (κ2) is 6.92. The monoisotopic (exact) mass is 386 g/mol. The van der Waals surface area contributed by atoms with Gasteiger partial charge in [-0.05, 0) is 46.2 Å². The molecule has 150 valence electrons. The molecular formula is C20H26N4O4. The van der Waals surface area contributed by atoms with Gasteiger partial charge in [0.05, 0.1) is 17.8 Å². The lowest BCUT2D eigenvalue weighted by molar-refractivity contribution is -0.127. The van der Waals surface area contributed by atoms with Crippen molar-refractivity contribution in [3.05, 3.63) is 29.8 Å². The van der Waals surface area contributed by atoms with Crippen molar-refractivity contribution in [2.45, 2.75) is 51.7 Å². The van der Waals surface area contributed by atoms with E-state index in [4.69, 9.17) is 0 Å². The van der Waals surface area contributed by atoms with Crippen LogP contribution in [-0.4, -0.2) is 52.8 Å². The molecule has 1 unspecified atom stereocenters. The number of benzene rings is 1. The molecule has 2 aliphatic heterocycles. The van der Waals surface area contributed by atoms with Crippen LogP contribution in [-0.2, 0) is 14.4 Å². The fraction of sp³-hybridized carbons (Fsp3) is 0.500. The van der Waals surface area contributed by atoms with E-state index < -0.39 is 17.1 Å². The maximum Gasteiger partial charge on any atom is 0.258 e. The first-order valence-corrected chi connectivity index (χ1v) is 9.35. The maximum atomic E-state index is 13.1. The van der Waals surface area contributed by atoms with Gasteiger partial charge in [-0.1, -0.05) is 12.1 Å². The van der Waals surface area contributed by atoms with E-state index in [-0.39, 0.29) is 30.8 Å². The molecule has 1 fully saturated rings. The fourth-order valence-electron chi connectivity index (χ4n) is 3.78. The van der Waals surface area contributed by atoms with E-state index >= 15 is 0 Å². The van der Waals surface area contributed by atoms with Crippen LogP contribution in [0.4, 0.5) is 5.69 Å². The number of para-hydroxylation sites is 1. The summed E-state index contributed by atoms with van der Waals surface area (Å²) in [4.78, 5) is 53.0. The van der Waals surface area contributed by atoms with Crippen LogP contribution < -0.4 is 15.5 Å². The zero-order valence-corrected chi connectivity index (χ0v) is 16.7. The van der Waals surface area contributed by atoms with Crippen LogP contribution in [0.1, 0.15) is 50.9 Å². The van der Waals surface area contributed by atoms with E-state index in [1.807, 2.05) is 20.8 Å². The Balaban J connectivity index is 1.76. The van der Waals surface area contributed by atoms with Gasteiger partial charge in [0.2, 0.25) is 17.7 Å². The molecular weight excluding hydrogens is 360 g/mol. The lowest BCUT2D eigenvalue weighted by Gasteiger charge is -2.48. The SMILES string of the molecule is CC(C)(C)NC(=O)CNC(=O)CN1C(=O)c2ccccc2N2C(=O)CCC12C. The summed E-state index contributed by atoms with van der Waals surface area (Å²) >= 11 is 0. The number of anilines is 1. The molecule has 8 heteroatoms. The summed E-state index contributed by atoms with van der Waals surface area (Å²) in [5.74, 6) is -1.12. The molecule has 1 saturated heterocycles. The largest absolute Gasteiger partial charge is 0.350 e. The highest BCUT2D eigenvalue weighted by Crippen LogP contribution is 2.43. The Morgan fingerprint density at radius 2 is 1.82 bits per heavy atom. The van der Waals surface area contributed by atoms with Gasteiger partial charge in [-0.3, -0.25) is 24.1 Å². The summed E-state index contributed by atoms with van der Waals surface area (Å²) in [7, 11) is 0. The van der Waals surface area contributed by atoms with Crippen LogP contribution in [0.2, 0.25) is 0 Å². The molecule has 3 rings (SSSR count). The Hall–Kier alpha value is -2.90. The molecule has 1 aromatic carbocycles. The van der Waals surface area contributed by atoms with Crippen molar-refractivity contribution in [2.24, 2.45) is 0 Å². The number of nitrogens with zero attached hydrogens (tertiary/aromatic N) is 2. The molecule has 0 spiro atoms. The summed E-state index contributed by atoms with van der Waals surface area (Å²) in [5, 5.41) is 5.32. The van der Waals surface area contributed by atoms with Gasteiger partial charge in [0, 0.05) is 12.0 Å². The van der Waals surface area contributed by atoms with Crippen molar-refractivity contribution in [3.63, 3.8) is 0 Å². The van der Waals surface area contributed by atoms with E-state index in [0.29, 0.717) is 24.1 Å². The lowest BCUT2D eigenvalue weighted by atomic mass is 9.98. The van der Waals surface area contributed by atoms with Crippen molar-refractivity contribution in [1.82, 2.24) is 15.5 Å². The highest BCUT2D eigenvalue weighted by molar-refractivity contribution is 6.11. The molecule has 2 N–H and O–H groups in total. The number of fused-ring (bicyclic) bond motifs is 3. The number of carbonyl (C=O) groups is 4. The Morgan fingerprint density at radius 1 is 1.14 bits per heavy atom. The first-order chi connectivity index (χ1) is 13.0.